The van der Waals surface area contributed by atoms with Crippen LogP contribution in [0.25, 0.3) is 0 Å². The first-order chi connectivity index (χ1) is 13.7. The van der Waals surface area contributed by atoms with Crippen LogP contribution in [0.1, 0.15) is 22.8 Å². The molecule has 8 nitrogen and oxygen atoms in total. The van der Waals surface area contributed by atoms with Crippen LogP contribution in [0.2, 0.25) is 0 Å². The molecule has 1 aliphatic heterocycles. The molecule has 0 bridgehead atoms. The molecular formula is C20H22N6O2. The number of urea groups is 1. The number of carbonyl (C=O) groups excluding carboxylic acids is 1. The number of hydrogen-bond acceptors (Lipinski definition) is 6. The van der Waals surface area contributed by atoms with Crippen molar-refractivity contribution in [3.63, 3.8) is 0 Å². The summed E-state index contributed by atoms with van der Waals surface area (Å²) in [6.45, 7) is 2.46. The van der Waals surface area contributed by atoms with Crippen molar-refractivity contribution in [2.24, 2.45) is 5.73 Å². The molecule has 0 fully saturated rings. The molecule has 0 saturated carbocycles. The summed E-state index contributed by atoms with van der Waals surface area (Å²) in [5.41, 5.74) is 9.47. The zero-order valence-electron chi connectivity index (χ0n) is 15.4. The molecular weight excluding hydrogens is 356 g/mol. The lowest BCUT2D eigenvalue weighted by Gasteiger charge is -2.29. The van der Waals surface area contributed by atoms with Crippen molar-refractivity contribution in [3.05, 3.63) is 71.4 Å². The number of aromatic nitrogens is 2. The summed E-state index contributed by atoms with van der Waals surface area (Å²) in [5.74, 6) is 1.09. The molecule has 144 valence electrons. The molecule has 2 aromatic carbocycles. The van der Waals surface area contributed by atoms with Gasteiger partial charge in [0.15, 0.2) is 5.82 Å². The molecule has 8 heteroatoms. The lowest BCUT2D eigenvalue weighted by molar-refractivity contribution is 0.235. The quantitative estimate of drug-likeness (QED) is 0.630. The van der Waals surface area contributed by atoms with E-state index in [1.54, 1.807) is 0 Å². The van der Waals surface area contributed by atoms with Gasteiger partial charge in [0.25, 0.3) is 0 Å². The second-order valence-corrected chi connectivity index (χ2v) is 6.66. The van der Waals surface area contributed by atoms with E-state index in [0.29, 0.717) is 18.3 Å². The molecule has 0 aliphatic carbocycles. The summed E-state index contributed by atoms with van der Waals surface area (Å²) >= 11 is 0. The second kappa shape index (κ2) is 8.20. The van der Waals surface area contributed by atoms with E-state index in [1.165, 1.54) is 5.56 Å². The van der Waals surface area contributed by atoms with E-state index in [-0.39, 0.29) is 12.6 Å². The Hall–Kier alpha value is -3.23. The molecule has 0 radical (unpaired) electrons. The highest BCUT2D eigenvalue weighted by atomic mass is 16.5. The topological polar surface area (TPSA) is 109 Å². The number of anilines is 2. The average Bonchev–Trinajstić information content (AvgIpc) is 3.16. The van der Waals surface area contributed by atoms with E-state index in [0.717, 1.165) is 36.4 Å². The Morgan fingerprint density at radius 1 is 1.14 bits per heavy atom. The lowest BCUT2D eigenvalue weighted by atomic mass is 9.97. The number of amides is 2. The van der Waals surface area contributed by atoms with Crippen molar-refractivity contribution >= 4 is 17.4 Å². The Balaban J connectivity index is 1.42. The first kappa shape index (κ1) is 18.1. The minimum Gasteiger partial charge on any atom is -0.338 e. The van der Waals surface area contributed by atoms with Crippen LogP contribution in [0, 0.1) is 0 Å². The summed E-state index contributed by atoms with van der Waals surface area (Å²) in [4.78, 5) is 18.9. The molecule has 4 N–H and O–H groups in total. The van der Waals surface area contributed by atoms with Gasteiger partial charge in [-0.05, 0) is 35.7 Å². The molecule has 0 atom stereocenters. The maximum atomic E-state index is 12.3. The van der Waals surface area contributed by atoms with Crippen LogP contribution in [-0.4, -0.2) is 27.6 Å². The molecule has 1 aromatic heterocycles. The third-order valence-corrected chi connectivity index (χ3v) is 4.67. The summed E-state index contributed by atoms with van der Waals surface area (Å²) in [5, 5.41) is 9.78. The van der Waals surface area contributed by atoms with E-state index >= 15 is 0 Å². The van der Waals surface area contributed by atoms with E-state index in [4.69, 9.17) is 10.3 Å². The predicted molar refractivity (Wildman–Crippen MR) is 106 cm³/mol. The Labute approximate surface area is 162 Å². The lowest BCUT2D eigenvalue weighted by Crippen LogP contribution is -2.31. The van der Waals surface area contributed by atoms with Gasteiger partial charge in [-0.15, -0.1) is 0 Å². The van der Waals surface area contributed by atoms with Gasteiger partial charge in [-0.2, -0.15) is 4.98 Å². The highest BCUT2D eigenvalue weighted by Gasteiger charge is 2.21. The third-order valence-electron chi connectivity index (χ3n) is 4.67. The van der Waals surface area contributed by atoms with Gasteiger partial charge in [-0.1, -0.05) is 35.5 Å². The highest BCUT2D eigenvalue weighted by Crippen LogP contribution is 2.27. The van der Waals surface area contributed by atoms with Gasteiger partial charge in [0, 0.05) is 24.5 Å². The second-order valence-electron chi connectivity index (χ2n) is 6.66. The summed E-state index contributed by atoms with van der Waals surface area (Å²) in [6.07, 6.45) is 0.832. The van der Waals surface area contributed by atoms with Crippen LogP contribution in [0.15, 0.2) is 53.1 Å². The number of rotatable bonds is 5. The van der Waals surface area contributed by atoms with Crippen molar-refractivity contribution in [2.75, 3.05) is 17.2 Å². The number of fused-ring (bicyclic) bond motifs is 1. The number of nitrogens with zero attached hydrogens (tertiary/aromatic N) is 3. The summed E-state index contributed by atoms with van der Waals surface area (Å²) in [7, 11) is 0. The molecule has 0 saturated heterocycles. The fourth-order valence-corrected chi connectivity index (χ4v) is 3.36. The fraction of sp³-hybridized carbons (Fsp3) is 0.250. The van der Waals surface area contributed by atoms with Gasteiger partial charge < -0.3 is 20.9 Å². The van der Waals surface area contributed by atoms with Gasteiger partial charge in [0.05, 0.1) is 13.1 Å². The van der Waals surface area contributed by atoms with Crippen LogP contribution in [0.5, 0.6) is 0 Å². The Morgan fingerprint density at radius 3 is 2.79 bits per heavy atom. The number of nitrogens with two attached hydrogens (primary N) is 1. The van der Waals surface area contributed by atoms with Crippen LogP contribution in [0.4, 0.5) is 16.2 Å². The maximum Gasteiger partial charge on any atom is 0.323 e. The minimum atomic E-state index is -0.247. The van der Waals surface area contributed by atoms with Crippen LogP contribution >= 0.6 is 0 Å². The molecule has 2 amide bonds. The van der Waals surface area contributed by atoms with Crippen molar-refractivity contribution in [3.8, 4) is 0 Å². The molecule has 1 aliphatic rings. The van der Waals surface area contributed by atoms with Crippen molar-refractivity contribution in [1.82, 2.24) is 15.0 Å². The number of para-hydroxylation sites is 1. The normalized spacial score (nSPS) is 13.8. The summed E-state index contributed by atoms with van der Waals surface area (Å²) < 4.78 is 5.07. The summed E-state index contributed by atoms with van der Waals surface area (Å²) in [6, 6.07) is 15.1. The standard InChI is InChI=1S/C20H22N6O2/c21-11-19-24-18(25-28-19)13-26-10-9-16-14(12-26)5-4-8-17(16)23-20(27)22-15-6-2-1-3-7-15/h1-8H,9-13,21H2,(H2,22,23,27). The first-order valence-electron chi connectivity index (χ1n) is 9.19. The van der Waals surface area contributed by atoms with E-state index in [1.807, 2.05) is 42.5 Å². The van der Waals surface area contributed by atoms with Crippen molar-refractivity contribution < 1.29 is 9.32 Å². The number of carbonyl (C=O) groups is 1. The zero-order chi connectivity index (χ0) is 19.3. The van der Waals surface area contributed by atoms with E-state index in [2.05, 4.69) is 31.7 Å². The largest absolute Gasteiger partial charge is 0.338 e. The van der Waals surface area contributed by atoms with Crippen LogP contribution in [-0.2, 0) is 26.1 Å². The highest BCUT2D eigenvalue weighted by molar-refractivity contribution is 6.00. The smallest absolute Gasteiger partial charge is 0.323 e. The SMILES string of the molecule is NCc1nc(CN2CCc3c(cccc3NC(=O)Nc3ccccc3)C2)no1. The molecule has 2 heterocycles. The number of hydrogen-bond donors (Lipinski definition) is 3. The van der Waals surface area contributed by atoms with Gasteiger partial charge in [0.2, 0.25) is 5.89 Å². The zero-order valence-corrected chi connectivity index (χ0v) is 15.4. The molecule has 4 rings (SSSR count). The molecule has 0 unspecified atom stereocenters. The van der Waals surface area contributed by atoms with Crippen molar-refractivity contribution in [2.45, 2.75) is 26.1 Å². The Morgan fingerprint density at radius 2 is 2.00 bits per heavy atom. The van der Waals surface area contributed by atoms with E-state index in [9.17, 15) is 4.79 Å². The Bertz CT molecular complexity index is 956. The molecule has 3 aromatic rings. The van der Waals surface area contributed by atoms with Gasteiger partial charge in [-0.25, -0.2) is 4.79 Å². The number of benzene rings is 2. The van der Waals surface area contributed by atoms with Crippen LogP contribution in [0.3, 0.4) is 0 Å². The van der Waals surface area contributed by atoms with Gasteiger partial charge in [-0.3, -0.25) is 4.90 Å². The van der Waals surface area contributed by atoms with Crippen LogP contribution < -0.4 is 16.4 Å². The first-order valence-corrected chi connectivity index (χ1v) is 9.19. The minimum absolute atomic E-state index is 0.246. The van der Waals surface area contributed by atoms with Gasteiger partial charge >= 0.3 is 6.03 Å². The Kier molecular flexibility index (Phi) is 5.31. The average molecular weight is 378 g/mol. The van der Waals surface area contributed by atoms with Gasteiger partial charge in [0.1, 0.15) is 0 Å². The molecule has 0 spiro atoms. The maximum absolute atomic E-state index is 12.3. The number of nitrogens with one attached hydrogen (secondary N) is 2. The fourth-order valence-electron chi connectivity index (χ4n) is 3.36. The van der Waals surface area contributed by atoms with E-state index < -0.39 is 0 Å². The monoisotopic (exact) mass is 378 g/mol. The third kappa shape index (κ3) is 4.19. The van der Waals surface area contributed by atoms with Crippen molar-refractivity contribution in [1.29, 1.82) is 0 Å². The predicted octanol–water partition coefficient (Wildman–Crippen LogP) is 2.73. The molecule has 28 heavy (non-hydrogen) atoms.